The van der Waals surface area contributed by atoms with Gasteiger partial charge in [0.05, 0.1) is 17.0 Å². The van der Waals surface area contributed by atoms with Gasteiger partial charge < -0.3 is 5.32 Å². The predicted molar refractivity (Wildman–Crippen MR) is 104 cm³/mol. The van der Waals surface area contributed by atoms with Crippen LogP contribution in [0.3, 0.4) is 0 Å². The minimum Gasteiger partial charge on any atom is -0.351 e. The van der Waals surface area contributed by atoms with Crippen LogP contribution in [0.25, 0.3) is 0 Å². The van der Waals surface area contributed by atoms with Crippen LogP contribution in [-0.2, 0) is 14.8 Å². The molecular formula is C18H28ClFN2O3S. The molecule has 0 radical (unpaired) electrons. The molecule has 5 nitrogen and oxygen atoms in total. The van der Waals surface area contributed by atoms with Gasteiger partial charge in [0.2, 0.25) is 15.9 Å². The summed E-state index contributed by atoms with van der Waals surface area (Å²) >= 11 is 5.81. The molecule has 1 aromatic carbocycles. The molecule has 26 heavy (non-hydrogen) atoms. The fourth-order valence-corrected chi connectivity index (χ4v) is 4.42. The average molecular weight is 407 g/mol. The zero-order valence-electron chi connectivity index (χ0n) is 16.1. The van der Waals surface area contributed by atoms with Gasteiger partial charge in [0.25, 0.3) is 0 Å². The number of sulfonamides is 1. The molecule has 0 heterocycles. The topological polar surface area (TPSA) is 66.5 Å². The Labute approximate surface area is 161 Å². The summed E-state index contributed by atoms with van der Waals surface area (Å²) in [6.07, 6.45) is 1.28. The van der Waals surface area contributed by atoms with Gasteiger partial charge in [-0.1, -0.05) is 46.2 Å². The number of carbonyl (C=O) groups excluding carboxylic acids is 1. The van der Waals surface area contributed by atoms with Crippen LogP contribution < -0.4 is 9.62 Å². The number of rotatable bonds is 8. The van der Waals surface area contributed by atoms with Crippen molar-refractivity contribution in [3.05, 3.63) is 29.0 Å². The van der Waals surface area contributed by atoms with Crippen molar-refractivity contribution in [2.24, 2.45) is 11.8 Å². The summed E-state index contributed by atoms with van der Waals surface area (Å²) < 4.78 is 39.3. The monoisotopic (exact) mass is 406 g/mol. The maximum absolute atomic E-state index is 13.5. The van der Waals surface area contributed by atoms with Crippen LogP contribution in [0, 0.1) is 17.7 Å². The van der Waals surface area contributed by atoms with E-state index in [0.29, 0.717) is 0 Å². The normalized spacial score (nSPS) is 13.3. The van der Waals surface area contributed by atoms with E-state index in [1.165, 1.54) is 12.1 Å². The summed E-state index contributed by atoms with van der Waals surface area (Å²) in [5, 5.41) is 2.76. The molecule has 0 unspecified atom stereocenters. The molecule has 148 valence electrons. The third-order valence-electron chi connectivity index (χ3n) is 4.23. The summed E-state index contributed by atoms with van der Waals surface area (Å²) in [6, 6.07) is 2.57. The highest BCUT2D eigenvalue weighted by molar-refractivity contribution is 7.92. The Hall–Kier alpha value is -1.34. The first-order valence-electron chi connectivity index (χ1n) is 8.64. The van der Waals surface area contributed by atoms with Gasteiger partial charge in [0.15, 0.2) is 0 Å². The maximum atomic E-state index is 13.5. The van der Waals surface area contributed by atoms with Crippen molar-refractivity contribution in [1.82, 2.24) is 5.32 Å². The maximum Gasteiger partial charge on any atom is 0.244 e. The van der Waals surface area contributed by atoms with Gasteiger partial charge in [0.1, 0.15) is 11.9 Å². The number of benzene rings is 1. The molecule has 1 atom stereocenters. The fourth-order valence-electron chi connectivity index (χ4n) is 3.05. The zero-order chi connectivity index (χ0) is 20.2. The molecule has 1 rings (SSSR count). The van der Waals surface area contributed by atoms with E-state index in [1.807, 2.05) is 27.7 Å². The highest BCUT2D eigenvalue weighted by Gasteiger charge is 2.33. The molecule has 0 saturated carbocycles. The Morgan fingerprint density at radius 2 is 1.77 bits per heavy atom. The third kappa shape index (κ3) is 5.58. The van der Waals surface area contributed by atoms with Gasteiger partial charge in [-0.15, -0.1) is 0 Å². The molecule has 1 aromatic rings. The fraction of sp³-hybridized carbons (Fsp3) is 0.611. The van der Waals surface area contributed by atoms with E-state index in [1.54, 1.807) is 6.92 Å². The van der Waals surface area contributed by atoms with E-state index in [-0.39, 0.29) is 40.9 Å². The molecule has 0 spiro atoms. The molecule has 8 heteroatoms. The average Bonchev–Trinajstić information content (AvgIpc) is 2.50. The highest BCUT2D eigenvalue weighted by Crippen LogP contribution is 2.27. The van der Waals surface area contributed by atoms with Gasteiger partial charge in [-0.25, -0.2) is 12.8 Å². The minimum absolute atomic E-state index is 0.0882. The lowest BCUT2D eigenvalue weighted by molar-refractivity contribution is -0.123. The van der Waals surface area contributed by atoms with E-state index < -0.39 is 21.9 Å². The first kappa shape index (κ1) is 22.7. The first-order chi connectivity index (χ1) is 11.9. The SMILES string of the molecule is CC[C@@H](C(=O)NC(C(C)C)C(C)C)N(c1ccc(F)c(Cl)c1)S(C)(=O)=O. The van der Waals surface area contributed by atoms with E-state index >= 15 is 0 Å². The predicted octanol–water partition coefficient (Wildman–Crippen LogP) is 3.82. The summed E-state index contributed by atoms with van der Waals surface area (Å²) in [4.78, 5) is 12.9. The molecule has 1 N–H and O–H groups in total. The number of hydrogen-bond donors (Lipinski definition) is 1. The highest BCUT2D eigenvalue weighted by atomic mass is 35.5. The summed E-state index contributed by atoms with van der Waals surface area (Å²) in [5.41, 5.74) is 0.159. The second kappa shape index (κ2) is 9.04. The van der Waals surface area contributed by atoms with Crippen LogP contribution in [0.4, 0.5) is 10.1 Å². The van der Waals surface area contributed by atoms with Gasteiger partial charge in [-0.2, -0.15) is 0 Å². The Morgan fingerprint density at radius 1 is 1.23 bits per heavy atom. The number of amides is 1. The minimum atomic E-state index is -3.79. The Bertz CT molecular complexity index is 730. The number of nitrogens with one attached hydrogen (secondary N) is 1. The lowest BCUT2D eigenvalue weighted by Gasteiger charge is -2.33. The molecule has 0 aliphatic rings. The molecular weight excluding hydrogens is 379 g/mol. The van der Waals surface area contributed by atoms with E-state index in [0.717, 1.165) is 16.6 Å². The zero-order valence-corrected chi connectivity index (χ0v) is 17.7. The van der Waals surface area contributed by atoms with Crippen LogP contribution in [-0.4, -0.2) is 32.7 Å². The molecule has 0 aromatic heterocycles. The van der Waals surface area contributed by atoms with Crippen LogP contribution in [0.2, 0.25) is 5.02 Å². The van der Waals surface area contributed by atoms with Crippen molar-refractivity contribution in [2.75, 3.05) is 10.6 Å². The lowest BCUT2D eigenvalue weighted by atomic mass is 9.93. The number of carbonyl (C=O) groups is 1. The Balaban J connectivity index is 3.30. The molecule has 0 fully saturated rings. The Kier molecular flexibility index (Phi) is 7.89. The van der Waals surface area contributed by atoms with Crippen molar-refractivity contribution in [3.63, 3.8) is 0 Å². The van der Waals surface area contributed by atoms with Gasteiger partial charge >= 0.3 is 0 Å². The largest absolute Gasteiger partial charge is 0.351 e. The van der Waals surface area contributed by atoms with Crippen LogP contribution in [0.5, 0.6) is 0 Å². The lowest BCUT2D eigenvalue weighted by Crippen LogP contribution is -2.53. The molecule has 0 saturated heterocycles. The standard InChI is InChI=1S/C18H28ClFN2O3S/c1-7-16(18(23)21-17(11(2)3)12(4)5)22(26(6,24)25)13-8-9-15(20)14(19)10-13/h8-12,16-17H,7H2,1-6H3,(H,21,23)/t16-/m0/s1. The van der Waals surface area contributed by atoms with Crippen molar-refractivity contribution >= 4 is 33.2 Å². The quantitative estimate of drug-likeness (QED) is 0.713. The molecule has 0 aliphatic carbocycles. The van der Waals surface area contributed by atoms with Gasteiger partial charge in [-0.05, 0) is 36.5 Å². The molecule has 0 bridgehead atoms. The van der Waals surface area contributed by atoms with Crippen molar-refractivity contribution in [3.8, 4) is 0 Å². The van der Waals surface area contributed by atoms with E-state index in [4.69, 9.17) is 11.6 Å². The second-order valence-corrected chi connectivity index (χ2v) is 9.37. The van der Waals surface area contributed by atoms with Crippen molar-refractivity contribution in [2.45, 2.75) is 53.1 Å². The number of hydrogen-bond acceptors (Lipinski definition) is 3. The summed E-state index contributed by atoms with van der Waals surface area (Å²) in [7, 11) is -3.79. The van der Waals surface area contributed by atoms with E-state index in [9.17, 15) is 17.6 Å². The summed E-state index contributed by atoms with van der Waals surface area (Å²) in [6.45, 7) is 9.73. The van der Waals surface area contributed by atoms with Gasteiger partial charge in [-0.3, -0.25) is 9.10 Å². The second-order valence-electron chi connectivity index (χ2n) is 7.10. The van der Waals surface area contributed by atoms with Crippen LogP contribution in [0.15, 0.2) is 18.2 Å². The van der Waals surface area contributed by atoms with Gasteiger partial charge in [0, 0.05) is 6.04 Å². The van der Waals surface area contributed by atoms with E-state index in [2.05, 4.69) is 5.32 Å². The van der Waals surface area contributed by atoms with Crippen molar-refractivity contribution < 1.29 is 17.6 Å². The van der Waals surface area contributed by atoms with Crippen LogP contribution in [0.1, 0.15) is 41.0 Å². The number of nitrogens with zero attached hydrogens (tertiary/aromatic N) is 1. The summed E-state index contributed by atoms with van der Waals surface area (Å²) in [5.74, 6) is -0.640. The van der Waals surface area contributed by atoms with Crippen LogP contribution >= 0.6 is 11.6 Å². The first-order valence-corrected chi connectivity index (χ1v) is 10.9. The Morgan fingerprint density at radius 3 is 2.15 bits per heavy atom. The van der Waals surface area contributed by atoms with Crippen molar-refractivity contribution in [1.29, 1.82) is 0 Å². The molecule has 0 aliphatic heterocycles. The third-order valence-corrected chi connectivity index (χ3v) is 5.70. The number of halogens is 2. The smallest absolute Gasteiger partial charge is 0.244 e. The molecule has 1 amide bonds. The number of anilines is 1.